The second kappa shape index (κ2) is 4.80. The number of nitro groups is 1. The second-order valence-electron chi connectivity index (χ2n) is 3.68. The molecule has 0 radical (unpaired) electrons. The Morgan fingerprint density at radius 1 is 1.20 bits per heavy atom. The van der Waals surface area contributed by atoms with Crippen LogP contribution in [-0.2, 0) is 0 Å². The van der Waals surface area contributed by atoms with Crippen molar-refractivity contribution in [1.82, 2.24) is 9.78 Å². The Kier molecular flexibility index (Phi) is 3.17. The minimum absolute atomic E-state index is 0.123. The van der Waals surface area contributed by atoms with E-state index in [0.717, 1.165) is 10.7 Å². The van der Waals surface area contributed by atoms with Crippen molar-refractivity contribution in [3.8, 4) is 5.69 Å². The number of benzene rings is 1. The molecule has 0 aliphatic heterocycles. The number of nitrogens with zero attached hydrogens (tertiary/aromatic N) is 3. The van der Waals surface area contributed by atoms with Crippen LogP contribution in [0.5, 0.6) is 0 Å². The van der Waals surface area contributed by atoms with Crippen molar-refractivity contribution in [2.75, 3.05) is 0 Å². The van der Waals surface area contributed by atoms with Crippen molar-refractivity contribution in [3.63, 3.8) is 0 Å². The molecule has 0 atom stereocenters. The van der Waals surface area contributed by atoms with Gasteiger partial charge in [0.1, 0.15) is 5.69 Å². The fourth-order valence-corrected chi connectivity index (χ4v) is 1.62. The average Bonchev–Trinajstić information content (AvgIpc) is 2.83. The maximum Gasteiger partial charge on any atom is 0.356 e. The standard InChI is InChI=1S/C11H7N3O6/c15-10(16)6-5-9(11(17)18)13(12-6)7-3-1-2-4-8(7)14(19)20/h1-5H,(H,15,16)(H,17,18). The van der Waals surface area contributed by atoms with Gasteiger partial charge in [-0.2, -0.15) is 5.10 Å². The molecule has 0 fully saturated rings. The molecule has 0 bridgehead atoms. The largest absolute Gasteiger partial charge is 0.477 e. The molecule has 0 unspecified atom stereocenters. The molecule has 0 amide bonds. The summed E-state index contributed by atoms with van der Waals surface area (Å²) in [4.78, 5) is 32.1. The summed E-state index contributed by atoms with van der Waals surface area (Å²) in [6, 6.07) is 6.15. The molecule has 2 rings (SSSR count). The van der Waals surface area contributed by atoms with Gasteiger partial charge in [0.15, 0.2) is 11.4 Å². The molecule has 0 aliphatic rings. The molecule has 9 nitrogen and oxygen atoms in total. The van der Waals surface area contributed by atoms with Gasteiger partial charge in [-0.05, 0) is 6.07 Å². The molecular formula is C11H7N3O6. The van der Waals surface area contributed by atoms with Gasteiger partial charge in [-0.15, -0.1) is 0 Å². The van der Waals surface area contributed by atoms with E-state index in [9.17, 15) is 19.7 Å². The van der Waals surface area contributed by atoms with Crippen LogP contribution >= 0.6 is 0 Å². The first-order chi connectivity index (χ1) is 9.41. The van der Waals surface area contributed by atoms with Crippen LogP contribution in [0.3, 0.4) is 0 Å². The average molecular weight is 277 g/mol. The smallest absolute Gasteiger partial charge is 0.356 e. The Hall–Kier alpha value is -3.23. The Labute approximate surface area is 110 Å². The minimum atomic E-state index is -1.44. The van der Waals surface area contributed by atoms with Crippen LogP contribution in [-0.4, -0.2) is 36.9 Å². The van der Waals surface area contributed by atoms with Crippen molar-refractivity contribution in [2.24, 2.45) is 0 Å². The number of carbonyl (C=O) groups is 2. The van der Waals surface area contributed by atoms with Crippen LogP contribution < -0.4 is 0 Å². The normalized spacial score (nSPS) is 10.2. The number of aromatic carboxylic acids is 2. The van der Waals surface area contributed by atoms with Crippen molar-refractivity contribution in [2.45, 2.75) is 0 Å². The van der Waals surface area contributed by atoms with Gasteiger partial charge in [-0.1, -0.05) is 12.1 Å². The van der Waals surface area contributed by atoms with E-state index in [-0.39, 0.29) is 11.4 Å². The number of hydrogen-bond acceptors (Lipinski definition) is 5. The van der Waals surface area contributed by atoms with Gasteiger partial charge in [-0.25, -0.2) is 14.3 Å². The predicted molar refractivity (Wildman–Crippen MR) is 64.1 cm³/mol. The van der Waals surface area contributed by atoms with E-state index in [1.165, 1.54) is 24.3 Å². The van der Waals surface area contributed by atoms with Gasteiger partial charge in [0, 0.05) is 12.1 Å². The summed E-state index contributed by atoms with van der Waals surface area (Å²) < 4.78 is 0.726. The lowest BCUT2D eigenvalue weighted by atomic mass is 10.2. The van der Waals surface area contributed by atoms with E-state index in [1.54, 1.807) is 0 Å². The summed E-state index contributed by atoms with van der Waals surface area (Å²) in [6.45, 7) is 0. The third kappa shape index (κ3) is 2.19. The quantitative estimate of drug-likeness (QED) is 0.632. The Bertz CT molecular complexity index is 721. The van der Waals surface area contributed by atoms with Gasteiger partial charge in [0.2, 0.25) is 0 Å². The monoisotopic (exact) mass is 277 g/mol. The molecule has 1 aromatic heterocycles. The lowest BCUT2D eigenvalue weighted by Crippen LogP contribution is -2.10. The van der Waals surface area contributed by atoms with Gasteiger partial charge < -0.3 is 10.2 Å². The van der Waals surface area contributed by atoms with Crippen LogP contribution in [0.25, 0.3) is 5.69 Å². The van der Waals surface area contributed by atoms with Crippen molar-refractivity contribution in [3.05, 3.63) is 51.8 Å². The van der Waals surface area contributed by atoms with Crippen molar-refractivity contribution in [1.29, 1.82) is 0 Å². The highest BCUT2D eigenvalue weighted by Crippen LogP contribution is 2.23. The summed E-state index contributed by atoms with van der Waals surface area (Å²) in [6.07, 6.45) is 0. The zero-order valence-corrected chi connectivity index (χ0v) is 9.76. The molecule has 9 heteroatoms. The zero-order chi connectivity index (χ0) is 14.9. The highest BCUT2D eigenvalue weighted by atomic mass is 16.6. The van der Waals surface area contributed by atoms with E-state index in [4.69, 9.17) is 10.2 Å². The molecule has 0 aliphatic carbocycles. The highest BCUT2D eigenvalue weighted by molar-refractivity contribution is 5.92. The van der Waals surface area contributed by atoms with Crippen LogP contribution in [0.1, 0.15) is 21.0 Å². The third-order valence-electron chi connectivity index (χ3n) is 2.45. The fraction of sp³-hybridized carbons (Fsp3) is 0. The van der Waals surface area contributed by atoms with E-state index in [2.05, 4.69) is 5.10 Å². The fourth-order valence-electron chi connectivity index (χ4n) is 1.62. The van der Waals surface area contributed by atoms with E-state index in [0.29, 0.717) is 0 Å². The SMILES string of the molecule is O=C(O)c1cc(C(=O)O)n(-c2ccccc2[N+](=O)[O-])n1. The molecular weight excluding hydrogens is 270 g/mol. The predicted octanol–water partition coefficient (Wildman–Crippen LogP) is 1.18. The van der Waals surface area contributed by atoms with Crippen LogP contribution in [0.15, 0.2) is 30.3 Å². The molecule has 0 spiro atoms. The highest BCUT2D eigenvalue weighted by Gasteiger charge is 2.23. The molecule has 1 aromatic carbocycles. The van der Waals surface area contributed by atoms with Crippen LogP contribution in [0.4, 0.5) is 5.69 Å². The third-order valence-corrected chi connectivity index (χ3v) is 2.45. The number of rotatable bonds is 4. The summed E-state index contributed by atoms with van der Waals surface area (Å²) >= 11 is 0. The van der Waals surface area contributed by atoms with Crippen molar-refractivity contribution < 1.29 is 24.7 Å². The summed E-state index contributed by atoms with van der Waals surface area (Å²) in [7, 11) is 0. The lowest BCUT2D eigenvalue weighted by Gasteiger charge is -2.04. The molecule has 0 saturated carbocycles. The van der Waals surface area contributed by atoms with Gasteiger partial charge >= 0.3 is 11.9 Å². The molecule has 20 heavy (non-hydrogen) atoms. The molecule has 2 aromatic rings. The number of hydrogen-bond donors (Lipinski definition) is 2. The van der Waals surface area contributed by atoms with Gasteiger partial charge in [-0.3, -0.25) is 10.1 Å². The van der Waals surface area contributed by atoms with E-state index in [1.807, 2.05) is 0 Å². The minimum Gasteiger partial charge on any atom is -0.477 e. The maximum atomic E-state index is 11.1. The van der Waals surface area contributed by atoms with E-state index < -0.39 is 28.2 Å². The summed E-state index contributed by atoms with van der Waals surface area (Å²) in [5, 5.41) is 32.3. The molecule has 1 heterocycles. The second-order valence-corrected chi connectivity index (χ2v) is 3.68. The Morgan fingerprint density at radius 2 is 1.85 bits per heavy atom. The number of aromatic nitrogens is 2. The number of para-hydroxylation sites is 2. The van der Waals surface area contributed by atoms with Crippen LogP contribution in [0.2, 0.25) is 0 Å². The van der Waals surface area contributed by atoms with Crippen molar-refractivity contribution >= 4 is 17.6 Å². The number of nitro benzene ring substituents is 1. The van der Waals surface area contributed by atoms with Gasteiger partial charge in [0.25, 0.3) is 5.69 Å². The van der Waals surface area contributed by atoms with Crippen LogP contribution in [0, 0.1) is 10.1 Å². The first-order valence-electron chi connectivity index (χ1n) is 5.22. The molecule has 2 N–H and O–H groups in total. The maximum absolute atomic E-state index is 11.1. The summed E-state index contributed by atoms with van der Waals surface area (Å²) in [5.74, 6) is -2.87. The lowest BCUT2D eigenvalue weighted by molar-refractivity contribution is -0.384. The molecule has 102 valence electrons. The Balaban J connectivity index is 2.72. The van der Waals surface area contributed by atoms with E-state index >= 15 is 0 Å². The zero-order valence-electron chi connectivity index (χ0n) is 9.76. The number of carboxylic acids is 2. The number of carboxylic acid groups (broad SMARTS) is 2. The van der Waals surface area contributed by atoms with Gasteiger partial charge in [0.05, 0.1) is 4.92 Å². The molecule has 0 saturated heterocycles. The first kappa shape index (κ1) is 13.2. The Morgan fingerprint density at radius 3 is 2.40 bits per heavy atom. The first-order valence-corrected chi connectivity index (χ1v) is 5.22. The topological polar surface area (TPSA) is 136 Å². The summed E-state index contributed by atoms with van der Waals surface area (Å²) in [5.41, 5.74) is -1.49.